The van der Waals surface area contributed by atoms with Gasteiger partial charge >= 0.3 is 5.97 Å². The van der Waals surface area contributed by atoms with Gasteiger partial charge in [-0.25, -0.2) is 9.18 Å². The Morgan fingerprint density at radius 1 is 1.50 bits per heavy atom. The fraction of sp³-hybridized carbons (Fsp3) is 0.429. The van der Waals surface area contributed by atoms with E-state index < -0.39 is 17.7 Å². The van der Waals surface area contributed by atoms with E-state index in [-0.39, 0.29) is 17.2 Å². The van der Waals surface area contributed by atoms with Gasteiger partial charge in [0.15, 0.2) is 0 Å². The van der Waals surface area contributed by atoms with Crippen molar-refractivity contribution in [2.75, 3.05) is 13.7 Å². The average molecular weight is 281 g/mol. The number of hydrogen-bond acceptors (Lipinski definition) is 3. The maximum absolute atomic E-state index is 13.8. The van der Waals surface area contributed by atoms with Gasteiger partial charge in [0.1, 0.15) is 5.82 Å². The first-order chi connectivity index (χ1) is 9.52. The van der Waals surface area contributed by atoms with E-state index in [4.69, 9.17) is 9.84 Å². The molecule has 20 heavy (non-hydrogen) atoms. The highest BCUT2D eigenvalue weighted by Gasteiger charge is 2.32. The van der Waals surface area contributed by atoms with Crippen molar-refractivity contribution < 1.29 is 23.8 Å². The third-order valence-corrected chi connectivity index (χ3v) is 3.31. The fourth-order valence-electron chi connectivity index (χ4n) is 2.05. The van der Waals surface area contributed by atoms with Crippen LogP contribution in [-0.4, -0.2) is 36.7 Å². The molecule has 108 valence electrons. The van der Waals surface area contributed by atoms with E-state index in [0.29, 0.717) is 12.5 Å². The lowest BCUT2D eigenvalue weighted by molar-refractivity contribution is 0.0695. The van der Waals surface area contributed by atoms with Crippen molar-refractivity contribution in [1.82, 2.24) is 5.32 Å². The first-order valence-electron chi connectivity index (χ1n) is 6.35. The number of nitrogens with one attached hydrogen (secondary N) is 1. The Morgan fingerprint density at radius 2 is 2.20 bits per heavy atom. The Hall–Kier alpha value is -1.95. The van der Waals surface area contributed by atoms with Gasteiger partial charge in [-0.15, -0.1) is 0 Å². The van der Waals surface area contributed by atoms with Crippen molar-refractivity contribution in [2.24, 2.45) is 5.92 Å². The van der Waals surface area contributed by atoms with Gasteiger partial charge in [-0.1, -0.05) is 0 Å². The second kappa shape index (κ2) is 6.00. The molecule has 0 saturated heterocycles. The first-order valence-corrected chi connectivity index (χ1v) is 6.35. The third-order valence-electron chi connectivity index (χ3n) is 3.31. The van der Waals surface area contributed by atoms with E-state index in [2.05, 4.69) is 5.32 Å². The van der Waals surface area contributed by atoms with E-state index in [0.717, 1.165) is 18.9 Å². The van der Waals surface area contributed by atoms with Crippen LogP contribution in [0.5, 0.6) is 0 Å². The summed E-state index contributed by atoms with van der Waals surface area (Å²) in [5, 5.41) is 11.5. The summed E-state index contributed by atoms with van der Waals surface area (Å²) in [6, 6.07) is 3.11. The normalized spacial score (nSPS) is 15.7. The molecule has 2 rings (SSSR count). The number of aromatic carboxylic acids is 1. The molecule has 6 heteroatoms. The van der Waals surface area contributed by atoms with Crippen LogP contribution in [0.4, 0.5) is 4.39 Å². The van der Waals surface area contributed by atoms with Gasteiger partial charge in [-0.3, -0.25) is 4.79 Å². The molecule has 0 spiro atoms. The van der Waals surface area contributed by atoms with Crippen LogP contribution in [0.2, 0.25) is 0 Å². The standard InChI is InChI=1S/C14H16FNO4/c1-20-7-12(8-2-3-8)16-13(17)10-5-4-9(14(18)19)6-11(10)15/h4-6,8,12H,2-3,7H2,1H3,(H,16,17)(H,18,19). The Kier molecular flexibility index (Phi) is 4.34. The molecule has 1 saturated carbocycles. The van der Waals surface area contributed by atoms with Gasteiger partial charge in [-0.2, -0.15) is 0 Å². The molecule has 0 aromatic heterocycles. The van der Waals surface area contributed by atoms with Crippen LogP contribution < -0.4 is 5.32 Å². The smallest absolute Gasteiger partial charge is 0.335 e. The van der Waals surface area contributed by atoms with Crippen LogP contribution in [0.15, 0.2) is 18.2 Å². The number of hydrogen-bond donors (Lipinski definition) is 2. The summed E-state index contributed by atoms with van der Waals surface area (Å²) in [4.78, 5) is 22.7. The van der Waals surface area contributed by atoms with Crippen molar-refractivity contribution in [3.8, 4) is 0 Å². The third kappa shape index (κ3) is 3.33. The Morgan fingerprint density at radius 3 is 2.70 bits per heavy atom. The van der Waals surface area contributed by atoms with Gasteiger partial charge in [0, 0.05) is 7.11 Å². The summed E-state index contributed by atoms with van der Waals surface area (Å²) in [7, 11) is 1.55. The van der Waals surface area contributed by atoms with Crippen LogP contribution in [-0.2, 0) is 4.74 Å². The number of rotatable bonds is 6. The average Bonchev–Trinajstić information content (AvgIpc) is 3.22. The molecule has 1 aliphatic carbocycles. The van der Waals surface area contributed by atoms with Gasteiger partial charge < -0.3 is 15.2 Å². The largest absolute Gasteiger partial charge is 0.478 e. The van der Waals surface area contributed by atoms with Crippen molar-refractivity contribution >= 4 is 11.9 Å². The van der Waals surface area contributed by atoms with E-state index in [9.17, 15) is 14.0 Å². The molecule has 5 nitrogen and oxygen atoms in total. The number of methoxy groups -OCH3 is 1. The molecule has 0 heterocycles. The predicted molar refractivity (Wildman–Crippen MR) is 69.2 cm³/mol. The molecule has 1 aromatic carbocycles. The summed E-state index contributed by atoms with van der Waals surface area (Å²) in [5.41, 5.74) is -0.341. The Bertz CT molecular complexity index is 528. The van der Waals surface area contributed by atoms with E-state index in [1.54, 1.807) is 7.11 Å². The fourth-order valence-corrected chi connectivity index (χ4v) is 2.05. The number of carboxylic acid groups (broad SMARTS) is 1. The Labute approximate surface area is 115 Å². The van der Waals surface area contributed by atoms with Crippen molar-refractivity contribution in [1.29, 1.82) is 0 Å². The summed E-state index contributed by atoms with van der Waals surface area (Å²) in [6.45, 7) is 0.380. The molecule has 0 radical (unpaired) electrons. The zero-order valence-electron chi connectivity index (χ0n) is 11.1. The molecule has 0 aliphatic heterocycles. The number of carboxylic acids is 1. The molecular weight excluding hydrogens is 265 g/mol. The minimum absolute atomic E-state index is 0.133. The lowest BCUT2D eigenvalue weighted by atomic mass is 10.1. The summed E-state index contributed by atoms with van der Waals surface area (Å²) in [6.07, 6.45) is 2.05. The zero-order chi connectivity index (χ0) is 14.7. The number of amides is 1. The molecule has 1 fully saturated rings. The van der Waals surface area contributed by atoms with Crippen LogP contribution >= 0.6 is 0 Å². The molecule has 1 unspecified atom stereocenters. The molecule has 1 atom stereocenters. The molecular formula is C14H16FNO4. The maximum atomic E-state index is 13.8. The molecule has 1 aromatic rings. The van der Waals surface area contributed by atoms with Gasteiger partial charge in [0.25, 0.3) is 5.91 Å². The lowest BCUT2D eigenvalue weighted by Crippen LogP contribution is -2.40. The maximum Gasteiger partial charge on any atom is 0.335 e. The van der Waals surface area contributed by atoms with Crippen LogP contribution in [0, 0.1) is 11.7 Å². The number of halogens is 1. The van der Waals surface area contributed by atoms with Crippen LogP contribution in [0.25, 0.3) is 0 Å². The van der Waals surface area contributed by atoms with Crippen molar-refractivity contribution in [3.63, 3.8) is 0 Å². The van der Waals surface area contributed by atoms with E-state index in [1.807, 2.05) is 0 Å². The Balaban J connectivity index is 2.10. The highest BCUT2D eigenvalue weighted by molar-refractivity contribution is 5.96. The van der Waals surface area contributed by atoms with Gasteiger partial charge in [-0.05, 0) is 37.0 Å². The first kappa shape index (κ1) is 14.5. The number of carbonyl (C=O) groups excluding carboxylic acids is 1. The topological polar surface area (TPSA) is 75.6 Å². The second-order valence-electron chi connectivity index (χ2n) is 4.87. The molecule has 2 N–H and O–H groups in total. The minimum Gasteiger partial charge on any atom is -0.478 e. The zero-order valence-corrected chi connectivity index (χ0v) is 11.1. The summed E-state index contributed by atoms with van der Waals surface area (Å²) in [5.74, 6) is -2.24. The summed E-state index contributed by atoms with van der Waals surface area (Å²) < 4.78 is 18.8. The lowest BCUT2D eigenvalue weighted by Gasteiger charge is -2.17. The molecule has 1 amide bonds. The second-order valence-corrected chi connectivity index (χ2v) is 4.87. The van der Waals surface area contributed by atoms with Gasteiger partial charge in [0.2, 0.25) is 0 Å². The predicted octanol–water partition coefficient (Wildman–Crippen LogP) is 1.68. The minimum atomic E-state index is -1.23. The number of benzene rings is 1. The van der Waals surface area contributed by atoms with E-state index >= 15 is 0 Å². The SMILES string of the molecule is COCC(NC(=O)c1ccc(C(=O)O)cc1F)C1CC1. The number of carbonyl (C=O) groups is 2. The van der Waals surface area contributed by atoms with E-state index in [1.165, 1.54) is 12.1 Å². The highest BCUT2D eigenvalue weighted by Crippen LogP contribution is 2.32. The summed E-state index contributed by atoms with van der Waals surface area (Å²) >= 11 is 0. The monoisotopic (exact) mass is 281 g/mol. The molecule has 0 bridgehead atoms. The quantitative estimate of drug-likeness (QED) is 0.831. The van der Waals surface area contributed by atoms with Crippen molar-refractivity contribution in [3.05, 3.63) is 35.1 Å². The van der Waals surface area contributed by atoms with Gasteiger partial charge in [0.05, 0.1) is 23.8 Å². The van der Waals surface area contributed by atoms with Crippen LogP contribution in [0.1, 0.15) is 33.6 Å². The van der Waals surface area contributed by atoms with Crippen molar-refractivity contribution in [2.45, 2.75) is 18.9 Å². The number of ether oxygens (including phenoxy) is 1. The highest BCUT2D eigenvalue weighted by atomic mass is 19.1. The van der Waals surface area contributed by atoms with Crippen LogP contribution in [0.3, 0.4) is 0 Å². The molecule has 1 aliphatic rings.